The van der Waals surface area contributed by atoms with Crippen LogP contribution in [-0.2, 0) is 19.7 Å². The molecule has 0 aliphatic carbocycles. The van der Waals surface area contributed by atoms with Gasteiger partial charge in [0.2, 0.25) is 6.79 Å². The monoisotopic (exact) mass is 495 g/mol. The molecule has 8 heteroatoms. The highest BCUT2D eigenvalue weighted by Gasteiger charge is 2.13. The van der Waals surface area contributed by atoms with Crippen LogP contribution in [0.5, 0.6) is 23.0 Å². The minimum absolute atomic E-state index is 0. The van der Waals surface area contributed by atoms with E-state index in [9.17, 15) is 0 Å². The summed E-state index contributed by atoms with van der Waals surface area (Å²) in [4.78, 5) is 0. The van der Waals surface area contributed by atoms with E-state index in [-0.39, 0.29) is 19.2 Å². The van der Waals surface area contributed by atoms with Crippen LogP contribution < -0.4 is 24.3 Å². The SMILES string of the molecule is CCOc1cc(CNCc2ccc3c(c2)OCO3)ccc1OCc1ccc(Cl)cc1Cl.Cl. The molecule has 0 spiro atoms. The van der Waals surface area contributed by atoms with E-state index >= 15 is 0 Å². The fraction of sp³-hybridized carbons (Fsp3) is 0.250. The average Bonchev–Trinajstić information content (AvgIpc) is 3.22. The number of rotatable bonds is 9. The smallest absolute Gasteiger partial charge is 0.231 e. The maximum Gasteiger partial charge on any atom is 0.231 e. The topological polar surface area (TPSA) is 49.0 Å². The number of nitrogens with one attached hydrogen (secondary N) is 1. The van der Waals surface area contributed by atoms with Gasteiger partial charge < -0.3 is 24.3 Å². The van der Waals surface area contributed by atoms with Gasteiger partial charge in [0.1, 0.15) is 6.61 Å². The third-order valence-electron chi connectivity index (χ3n) is 4.80. The van der Waals surface area contributed by atoms with Gasteiger partial charge in [0.05, 0.1) is 6.61 Å². The van der Waals surface area contributed by atoms with Crippen molar-refractivity contribution in [2.45, 2.75) is 26.6 Å². The van der Waals surface area contributed by atoms with E-state index in [1.807, 2.05) is 49.4 Å². The highest BCUT2D eigenvalue weighted by molar-refractivity contribution is 6.35. The Morgan fingerprint density at radius 2 is 1.59 bits per heavy atom. The summed E-state index contributed by atoms with van der Waals surface area (Å²) >= 11 is 12.2. The number of hydrogen-bond donors (Lipinski definition) is 1. The molecule has 1 aliphatic heterocycles. The van der Waals surface area contributed by atoms with Crippen molar-refractivity contribution in [1.29, 1.82) is 0 Å². The second-order valence-electron chi connectivity index (χ2n) is 7.03. The van der Waals surface area contributed by atoms with Crippen LogP contribution in [0.2, 0.25) is 10.0 Å². The van der Waals surface area contributed by atoms with Gasteiger partial charge in [-0.25, -0.2) is 0 Å². The summed E-state index contributed by atoms with van der Waals surface area (Å²) < 4.78 is 22.5. The van der Waals surface area contributed by atoms with Gasteiger partial charge in [-0.3, -0.25) is 0 Å². The maximum absolute atomic E-state index is 6.24. The van der Waals surface area contributed by atoms with E-state index in [0.29, 0.717) is 47.8 Å². The second kappa shape index (κ2) is 11.5. The van der Waals surface area contributed by atoms with E-state index in [0.717, 1.165) is 28.2 Å². The Bertz CT molecular complexity index is 1060. The highest BCUT2D eigenvalue weighted by atomic mass is 35.5. The molecule has 4 rings (SSSR count). The second-order valence-corrected chi connectivity index (χ2v) is 7.87. The molecule has 0 atom stereocenters. The summed E-state index contributed by atoms with van der Waals surface area (Å²) in [5.41, 5.74) is 3.10. The first-order valence-electron chi connectivity index (χ1n) is 10.0. The quantitative estimate of drug-likeness (QED) is 0.371. The molecule has 0 unspecified atom stereocenters. The van der Waals surface area contributed by atoms with Crippen molar-refractivity contribution in [2.24, 2.45) is 0 Å². The Morgan fingerprint density at radius 1 is 0.844 bits per heavy atom. The zero-order valence-electron chi connectivity index (χ0n) is 17.5. The Balaban J connectivity index is 0.00000289. The Hall–Kier alpha value is -2.31. The van der Waals surface area contributed by atoms with Gasteiger partial charge in [-0.15, -0.1) is 12.4 Å². The molecule has 1 heterocycles. The van der Waals surface area contributed by atoms with E-state index in [4.69, 9.17) is 42.1 Å². The first-order chi connectivity index (χ1) is 15.1. The highest BCUT2D eigenvalue weighted by Crippen LogP contribution is 2.33. The number of halogens is 3. The van der Waals surface area contributed by atoms with Gasteiger partial charge in [-0.05, 0) is 54.4 Å². The summed E-state index contributed by atoms with van der Waals surface area (Å²) in [6, 6.07) is 17.3. The standard InChI is InChI=1S/C24H23Cl2NO4.ClH/c1-2-28-23-9-16(12-27-13-17-4-8-22-24(10-17)31-15-30-22)3-7-21(23)29-14-18-5-6-19(25)11-20(18)26;/h3-11,27H,2,12-15H2,1H3;1H. The van der Waals surface area contributed by atoms with Gasteiger partial charge in [-0.2, -0.15) is 0 Å². The van der Waals surface area contributed by atoms with Crippen molar-refractivity contribution in [3.8, 4) is 23.0 Å². The van der Waals surface area contributed by atoms with Crippen LogP contribution in [0, 0.1) is 0 Å². The number of fused-ring (bicyclic) bond motifs is 1. The van der Waals surface area contributed by atoms with Crippen LogP contribution in [0.3, 0.4) is 0 Å². The molecular formula is C24H24Cl3NO4. The molecule has 1 aliphatic rings. The number of benzene rings is 3. The van der Waals surface area contributed by atoms with Crippen LogP contribution in [0.1, 0.15) is 23.6 Å². The minimum atomic E-state index is 0. The minimum Gasteiger partial charge on any atom is -0.490 e. The lowest BCUT2D eigenvalue weighted by Crippen LogP contribution is -2.13. The van der Waals surface area contributed by atoms with Gasteiger partial charge in [-0.1, -0.05) is 41.4 Å². The summed E-state index contributed by atoms with van der Waals surface area (Å²) in [7, 11) is 0. The molecule has 0 saturated carbocycles. The number of ether oxygens (including phenoxy) is 4. The zero-order valence-corrected chi connectivity index (χ0v) is 19.9. The summed E-state index contributed by atoms with van der Waals surface area (Å²) in [5, 5.41) is 4.62. The molecule has 0 bridgehead atoms. The molecule has 1 N–H and O–H groups in total. The van der Waals surface area contributed by atoms with E-state index in [1.165, 1.54) is 0 Å². The van der Waals surface area contributed by atoms with Crippen LogP contribution >= 0.6 is 35.6 Å². The molecule has 3 aromatic rings. The molecule has 0 radical (unpaired) electrons. The molecule has 5 nitrogen and oxygen atoms in total. The molecule has 0 aromatic heterocycles. The van der Waals surface area contributed by atoms with Crippen LogP contribution in [0.15, 0.2) is 54.6 Å². The molecule has 0 fully saturated rings. The summed E-state index contributed by atoms with van der Waals surface area (Å²) in [6.45, 7) is 4.52. The number of hydrogen-bond acceptors (Lipinski definition) is 5. The lowest BCUT2D eigenvalue weighted by Gasteiger charge is -2.14. The van der Waals surface area contributed by atoms with Gasteiger partial charge in [0, 0.05) is 28.7 Å². The molecule has 0 saturated heterocycles. The third-order valence-corrected chi connectivity index (χ3v) is 5.39. The van der Waals surface area contributed by atoms with E-state index < -0.39 is 0 Å². The molecular weight excluding hydrogens is 473 g/mol. The van der Waals surface area contributed by atoms with Crippen molar-refractivity contribution in [3.63, 3.8) is 0 Å². The van der Waals surface area contributed by atoms with Gasteiger partial charge >= 0.3 is 0 Å². The van der Waals surface area contributed by atoms with Crippen molar-refractivity contribution in [1.82, 2.24) is 5.32 Å². The van der Waals surface area contributed by atoms with Gasteiger partial charge in [0.25, 0.3) is 0 Å². The van der Waals surface area contributed by atoms with E-state index in [1.54, 1.807) is 12.1 Å². The predicted molar refractivity (Wildman–Crippen MR) is 129 cm³/mol. The Labute approximate surface area is 203 Å². The largest absolute Gasteiger partial charge is 0.490 e. The van der Waals surface area contributed by atoms with Crippen LogP contribution in [0.4, 0.5) is 0 Å². The van der Waals surface area contributed by atoms with Crippen molar-refractivity contribution >= 4 is 35.6 Å². The Morgan fingerprint density at radius 3 is 2.38 bits per heavy atom. The molecule has 0 amide bonds. The molecule has 170 valence electrons. The molecule has 32 heavy (non-hydrogen) atoms. The van der Waals surface area contributed by atoms with Gasteiger partial charge in [0.15, 0.2) is 23.0 Å². The molecule has 3 aromatic carbocycles. The van der Waals surface area contributed by atoms with Crippen LogP contribution in [0.25, 0.3) is 0 Å². The lowest BCUT2D eigenvalue weighted by molar-refractivity contribution is 0.174. The van der Waals surface area contributed by atoms with Crippen molar-refractivity contribution in [3.05, 3.63) is 81.3 Å². The predicted octanol–water partition coefficient (Wildman–Crippen LogP) is 6.41. The first-order valence-corrected chi connectivity index (χ1v) is 10.8. The van der Waals surface area contributed by atoms with Crippen molar-refractivity contribution in [2.75, 3.05) is 13.4 Å². The fourth-order valence-electron chi connectivity index (χ4n) is 3.25. The maximum atomic E-state index is 6.24. The average molecular weight is 497 g/mol. The van der Waals surface area contributed by atoms with Crippen LogP contribution in [-0.4, -0.2) is 13.4 Å². The normalized spacial score (nSPS) is 11.7. The first kappa shape index (κ1) is 24.3. The van der Waals surface area contributed by atoms with E-state index in [2.05, 4.69) is 5.32 Å². The zero-order chi connectivity index (χ0) is 21.6. The third kappa shape index (κ3) is 6.14. The fourth-order valence-corrected chi connectivity index (χ4v) is 3.71. The Kier molecular flexibility index (Phi) is 8.76. The summed E-state index contributed by atoms with van der Waals surface area (Å²) in [6.07, 6.45) is 0. The summed E-state index contributed by atoms with van der Waals surface area (Å²) in [5.74, 6) is 2.96. The van der Waals surface area contributed by atoms with Crippen molar-refractivity contribution < 1.29 is 18.9 Å². The lowest BCUT2D eigenvalue weighted by atomic mass is 10.1.